The van der Waals surface area contributed by atoms with Crippen molar-refractivity contribution in [2.45, 2.75) is 12.8 Å². The van der Waals surface area contributed by atoms with E-state index in [2.05, 4.69) is 10.0 Å². The molecule has 1 unspecified atom stereocenters. The largest absolute Gasteiger partial charge is 0.397 e. The molecule has 0 amide bonds. The molecule has 0 fully saturated rings. The summed E-state index contributed by atoms with van der Waals surface area (Å²) >= 11 is 0. The molecule has 0 saturated heterocycles. The maximum atomic E-state index is 14.0. The van der Waals surface area contributed by atoms with E-state index in [-0.39, 0.29) is 11.9 Å². The van der Waals surface area contributed by atoms with Crippen LogP contribution in [0.1, 0.15) is 12.0 Å². The van der Waals surface area contributed by atoms with Gasteiger partial charge in [0.2, 0.25) is 0 Å². The van der Waals surface area contributed by atoms with Crippen LogP contribution in [0.15, 0.2) is 59.7 Å². The maximum Gasteiger partial charge on any atom is 0.397 e. The second-order valence-corrected chi connectivity index (χ2v) is 6.34. The van der Waals surface area contributed by atoms with Crippen molar-refractivity contribution in [3.05, 3.63) is 70.6 Å². The highest BCUT2D eigenvalue weighted by Crippen LogP contribution is 2.47. The van der Waals surface area contributed by atoms with Gasteiger partial charge in [-0.3, -0.25) is 0 Å². The summed E-state index contributed by atoms with van der Waals surface area (Å²) in [5.74, 6) is 0. The predicted molar refractivity (Wildman–Crippen MR) is 84.3 cm³/mol. The molecule has 1 atom stereocenters. The highest BCUT2D eigenvalue weighted by molar-refractivity contribution is 7.61. The molecule has 0 aliphatic carbocycles. The van der Waals surface area contributed by atoms with Crippen LogP contribution in [-0.2, 0) is 15.5 Å². The molecular weight excluding hydrogens is 304 g/mol. The van der Waals surface area contributed by atoms with Gasteiger partial charge in [0.15, 0.2) is 0 Å². The normalized spacial score (nSPS) is 13.1. The highest BCUT2D eigenvalue weighted by atomic mass is 31.2. The Morgan fingerprint density at radius 2 is 1.82 bits per heavy atom. The summed E-state index contributed by atoms with van der Waals surface area (Å²) in [4.78, 5) is 2.70. The topological polar surface area (TPSA) is 75.1 Å². The smallest absolute Gasteiger partial charge is 0.302 e. The Labute approximate surface area is 127 Å². The van der Waals surface area contributed by atoms with E-state index in [0.717, 1.165) is 5.56 Å². The zero-order chi connectivity index (χ0) is 15.8. The molecule has 2 rings (SSSR count). The van der Waals surface area contributed by atoms with Gasteiger partial charge in [-0.2, -0.15) is 4.20 Å². The van der Waals surface area contributed by atoms with Crippen LogP contribution in [0.4, 0.5) is 9.88 Å². The quantitative estimate of drug-likeness (QED) is 0.235. The summed E-state index contributed by atoms with van der Waals surface area (Å²) in [5.41, 5.74) is 9.86. The highest BCUT2D eigenvalue weighted by Gasteiger charge is 2.24. The Kier molecular flexibility index (Phi) is 5.73. The van der Waals surface area contributed by atoms with Gasteiger partial charge in [-0.15, -0.1) is 0 Å². The maximum absolute atomic E-state index is 14.0. The van der Waals surface area contributed by atoms with Crippen molar-refractivity contribution in [2.75, 3.05) is 6.61 Å². The van der Waals surface area contributed by atoms with Gasteiger partial charge in [0, 0.05) is 10.6 Å². The lowest BCUT2D eigenvalue weighted by atomic mass is 10.1. The van der Waals surface area contributed by atoms with Crippen molar-refractivity contribution >= 4 is 18.7 Å². The van der Waals surface area contributed by atoms with Crippen LogP contribution in [-0.4, -0.2) is 6.61 Å². The Bertz CT molecular complexity index is 700. The third-order valence-corrected chi connectivity index (χ3v) is 4.46. The molecule has 22 heavy (non-hydrogen) atoms. The van der Waals surface area contributed by atoms with Crippen LogP contribution in [0.5, 0.6) is 0 Å². The summed E-state index contributed by atoms with van der Waals surface area (Å²) in [5, 5.41) is 3.56. The van der Waals surface area contributed by atoms with Crippen LogP contribution in [0.25, 0.3) is 10.4 Å². The fourth-order valence-electron chi connectivity index (χ4n) is 1.92. The molecule has 0 heterocycles. The van der Waals surface area contributed by atoms with Crippen LogP contribution >= 0.6 is 7.68 Å². The Hall–Kier alpha value is -2.13. The fraction of sp³-hybridized carbons (Fsp3) is 0.200. The lowest BCUT2D eigenvalue weighted by molar-refractivity contribution is 0.290. The Balaban J connectivity index is 1.81. The molecule has 0 bridgehead atoms. The summed E-state index contributed by atoms with van der Waals surface area (Å²) in [6.45, 7) is 0.0702. The van der Waals surface area contributed by atoms with E-state index >= 15 is 0 Å². The molecule has 0 aliphatic rings. The molecule has 0 radical (unpaired) electrons. The number of aryl methyl sites for hydroxylation is 1. The van der Waals surface area contributed by atoms with E-state index in [1.54, 1.807) is 30.3 Å². The number of rotatable bonds is 7. The number of nitrogens with zero attached hydrogens (tertiary/aromatic N) is 3. The molecule has 5 nitrogen and oxygen atoms in total. The van der Waals surface area contributed by atoms with Gasteiger partial charge in [-0.05, 0) is 36.1 Å². The number of benzene rings is 2. The van der Waals surface area contributed by atoms with Crippen molar-refractivity contribution < 1.29 is 13.3 Å². The molecule has 7 heteroatoms. The van der Waals surface area contributed by atoms with E-state index in [4.69, 9.17) is 10.1 Å². The van der Waals surface area contributed by atoms with Gasteiger partial charge in [-0.25, -0.2) is 4.57 Å². The van der Waals surface area contributed by atoms with Gasteiger partial charge in [0.25, 0.3) is 0 Å². The van der Waals surface area contributed by atoms with Crippen molar-refractivity contribution in [1.29, 1.82) is 0 Å². The van der Waals surface area contributed by atoms with Crippen LogP contribution < -0.4 is 5.30 Å². The lowest BCUT2D eigenvalue weighted by Gasteiger charge is -2.10. The first-order valence-corrected chi connectivity index (χ1v) is 8.27. The number of halogens is 1. The van der Waals surface area contributed by atoms with Gasteiger partial charge in [0.1, 0.15) is 0 Å². The van der Waals surface area contributed by atoms with Gasteiger partial charge >= 0.3 is 7.68 Å². The first-order valence-electron chi connectivity index (χ1n) is 6.76. The molecule has 0 N–H and O–H groups in total. The molecule has 0 spiro atoms. The minimum atomic E-state index is -4.24. The molecule has 0 aromatic heterocycles. The number of azide groups is 1. The van der Waals surface area contributed by atoms with Crippen molar-refractivity contribution in [1.82, 2.24) is 0 Å². The second kappa shape index (κ2) is 7.76. The molecule has 0 aliphatic heterocycles. The molecule has 2 aromatic carbocycles. The average Bonchev–Trinajstić information content (AvgIpc) is 2.54. The predicted octanol–water partition coefficient (Wildman–Crippen LogP) is 5.07. The van der Waals surface area contributed by atoms with Crippen molar-refractivity contribution in [2.24, 2.45) is 5.11 Å². The minimum Gasteiger partial charge on any atom is -0.302 e. The Morgan fingerprint density at radius 1 is 1.14 bits per heavy atom. The molecule has 114 valence electrons. The third-order valence-electron chi connectivity index (χ3n) is 3.03. The van der Waals surface area contributed by atoms with Gasteiger partial charge in [-0.1, -0.05) is 47.6 Å². The van der Waals surface area contributed by atoms with Gasteiger partial charge < -0.3 is 4.52 Å². The van der Waals surface area contributed by atoms with Crippen LogP contribution in [0, 0.1) is 0 Å². The molecule has 2 aromatic rings. The molecular formula is C15H15FN3O2P. The van der Waals surface area contributed by atoms with Crippen LogP contribution in [0.2, 0.25) is 0 Å². The van der Waals surface area contributed by atoms with E-state index in [1.165, 1.54) is 12.1 Å². The van der Waals surface area contributed by atoms with Gasteiger partial charge in [0.05, 0.1) is 11.9 Å². The summed E-state index contributed by atoms with van der Waals surface area (Å²) in [6, 6.07) is 15.0. The summed E-state index contributed by atoms with van der Waals surface area (Å²) < 4.78 is 30.7. The van der Waals surface area contributed by atoms with E-state index in [1.807, 2.05) is 12.1 Å². The summed E-state index contributed by atoms with van der Waals surface area (Å²) in [7, 11) is -4.24. The first-order chi connectivity index (χ1) is 10.6. The fourth-order valence-corrected chi connectivity index (χ4v) is 2.96. The zero-order valence-electron chi connectivity index (χ0n) is 11.8. The van der Waals surface area contributed by atoms with E-state index in [9.17, 15) is 8.76 Å². The SMILES string of the molecule is [N-]=[N+]=Nc1ccc(CCCOP(=O)(F)c2ccccc2)cc1. The first kappa shape index (κ1) is 16.2. The summed E-state index contributed by atoms with van der Waals surface area (Å²) in [6.07, 6.45) is 1.20. The second-order valence-electron chi connectivity index (χ2n) is 4.61. The lowest BCUT2D eigenvalue weighted by Crippen LogP contribution is -2.04. The van der Waals surface area contributed by atoms with Crippen molar-refractivity contribution in [3.63, 3.8) is 0 Å². The number of hydrogen-bond donors (Lipinski definition) is 0. The monoisotopic (exact) mass is 319 g/mol. The van der Waals surface area contributed by atoms with Crippen LogP contribution in [0.3, 0.4) is 0 Å². The zero-order valence-corrected chi connectivity index (χ0v) is 12.7. The standard InChI is InChI=1S/C15H15FN3O2P/c16-22(20,15-6-2-1-3-7-15)21-12-4-5-13-8-10-14(11-9-13)18-19-17/h1-3,6-11H,4-5,12H2. The minimum absolute atomic E-state index is 0.0702. The average molecular weight is 319 g/mol. The molecule has 0 saturated carbocycles. The third kappa shape index (κ3) is 4.71. The number of hydrogen-bond acceptors (Lipinski definition) is 3. The van der Waals surface area contributed by atoms with Crippen molar-refractivity contribution in [3.8, 4) is 0 Å². The Morgan fingerprint density at radius 3 is 2.45 bits per heavy atom. The van der Waals surface area contributed by atoms with E-state index < -0.39 is 7.68 Å². The van der Waals surface area contributed by atoms with E-state index in [0.29, 0.717) is 18.5 Å².